The van der Waals surface area contributed by atoms with Gasteiger partial charge in [-0.1, -0.05) is 25.3 Å². The Bertz CT molecular complexity index is 659. The largest absolute Gasteiger partial charge is 0.369 e. The van der Waals surface area contributed by atoms with Gasteiger partial charge in [-0.05, 0) is 30.9 Å². The van der Waals surface area contributed by atoms with Crippen molar-refractivity contribution in [3.63, 3.8) is 0 Å². The lowest BCUT2D eigenvalue weighted by Crippen LogP contribution is -2.40. The molecule has 0 spiro atoms. The molecule has 1 aliphatic carbocycles. The molecule has 0 radical (unpaired) electrons. The Morgan fingerprint density at radius 3 is 2.59 bits per heavy atom. The van der Waals surface area contributed by atoms with Crippen LogP contribution in [0.1, 0.15) is 37.7 Å². The van der Waals surface area contributed by atoms with Crippen molar-refractivity contribution in [2.75, 3.05) is 0 Å². The maximum atomic E-state index is 13.0. The summed E-state index contributed by atoms with van der Waals surface area (Å²) >= 11 is 0. The van der Waals surface area contributed by atoms with Crippen molar-refractivity contribution in [2.45, 2.75) is 38.5 Å². The van der Waals surface area contributed by atoms with E-state index in [1.54, 1.807) is 12.3 Å². The molecule has 6 heteroatoms. The van der Waals surface area contributed by atoms with Crippen LogP contribution in [-0.4, -0.2) is 20.7 Å². The molecule has 1 fully saturated rings. The Morgan fingerprint density at radius 2 is 2.05 bits per heavy atom. The van der Waals surface area contributed by atoms with Gasteiger partial charge in [0.05, 0.1) is 17.8 Å². The lowest BCUT2D eigenvalue weighted by molar-refractivity contribution is -0.129. The number of primary amides is 1. The van der Waals surface area contributed by atoms with Gasteiger partial charge in [-0.2, -0.15) is 5.10 Å². The van der Waals surface area contributed by atoms with E-state index in [-0.39, 0.29) is 5.91 Å². The average Bonchev–Trinajstić information content (AvgIpc) is 2.95. The number of nitrogens with two attached hydrogens (primary N) is 1. The van der Waals surface area contributed by atoms with E-state index in [4.69, 9.17) is 5.73 Å². The summed E-state index contributed by atoms with van der Waals surface area (Å²) in [6.07, 6.45) is 9.67. The van der Waals surface area contributed by atoms with Gasteiger partial charge in [-0.3, -0.25) is 4.79 Å². The molecule has 2 aromatic rings. The lowest BCUT2D eigenvalue weighted by atomic mass is 9.70. The maximum absolute atomic E-state index is 13.0. The summed E-state index contributed by atoms with van der Waals surface area (Å²) < 4.78 is 14.4. The average molecular weight is 302 g/mol. The fraction of sp³-hybridized carbons (Fsp3) is 0.438. The van der Waals surface area contributed by atoms with E-state index >= 15 is 0 Å². The predicted octanol–water partition coefficient (Wildman–Crippen LogP) is 2.38. The van der Waals surface area contributed by atoms with Crippen LogP contribution in [0.2, 0.25) is 0 Å². The van der Waals surface area contributed by atoms with E-state index < -0.39 is 11.2 Å². The van der Waals surface area contributed by atoms with Gasteiger partial charge in [0, 0.05) is 6.20 Å². The minimum absolute atomic E-state index is 0.217. The second-order valence-electron chi connectivity index (χ2n) is 6.01. The first kappa shape index (κ1) is 14.7. The molecule has 116 valence electrons. The molecule has 5 nitrogen and oxygen atoms in total. The molecular weight excluding hydrogens is 283 g/mol. The molecule has 2 N–H and O–H groups in total. The van der Waals surface area contributed by atoms with Crippen molar-refractivity contribution in [2.24, 2.45) is 11.1 Å². The standard InChI is InChI=1S/C16H19FN4O/c17-13-10-20-21(11-13)14-5-4-12(9-19-14)8-16(15(18)22)6-2-1-3-7-16/h4-5,9-11H,1-3,6-8H2,(H2,18,22). The number of halogens is 1. The van der Waals surface area contributed by atoms with Gasteiger partial charge in [0.1, 0.15) is 0 Å². The number of rotatable bonds is 4. The summed E-state index contributed by atoms with van der Waals surface area (Å²) in [7, 11) is 0. The fourth-order valence-corrected chi connectivity index (χ4v) is 3.21. The van der Waals surface area contributed by atoms with Crippen LogP contribution < -0.4 is 5.73 Å². The highest BCUT2D eigenvalue weighted by molar-refractivity contribution is 5.81. The summed E-state index contributed by atoms with van der Waals surface area (Å²) in [6, 6.07) is 3.68. The van der Waals surface area contributed by atoms with E-state index in [1.807, 2.05) is 6.07 Å². The topological polar surface area (TPSA) is 73.8 Å². The van der Waals surface area contributed by atoms with Gasteiger partial charge in [-0.15, -0.1) is 0 Å². The van der Waals surface area contributed by atoms with Crippen LogP contribution in [0.15, 0.2) is 30.7 Å². The number of carbonyl (C=O) groups is 1. The van der Waals surface area contributed by atoms with Crippen molar-refractivity contribution < 1.29 is 9.18 Å². The quantitative estimate of drug-likeness (QED) is 0.942. The maximum Gasteiger partial charge on any atom is 0.223 e. The van der Waals surface area contributed by atoms with Gasteiger partial charge >= 0.3 is 0 Å². The van der Waals surface area contributed by atoms with Crippen LogP contribution in [0.5, 0.6) is 0 Å². The molecule has 3 rings (SSSR count). The third-order valence-corrected chi connectivity index (χ3v) is 4.47. The van der Waals surface area contributed by atoms with E-state index in [2.05, 4.69) is 10.1 Å². The molecule has 0 aliphatic heterocycles. The molecule has 1 amide bonds. The Kier molecular flexibility index (Phi) is 3.92. The summed E-state index contributed by atoms with van der Waals surface area (Å²) in [4.78, 5) is 16.2. The van der Waals surface area contributed by atoms with Crippen LogP contribution in [0.25, 0.3) is 5.82 Å². The van der Waals surface area contributed by atoms with Gasteiger partial charge in [0.25, 0.3) is 0 Å². The van der Waals surface area contributed by atoms with Crippen molar-refractivity contribution in [3.05, 3.63) is 42.1 Å². The van der Waals surface area contributed by atoms with Crippen molar-refractivity contribution in [1.29, 1.82) is 0 Å². The number of hydrogen-bond donors (Lipinski definition) is 1. The second-order valence-corrected chi connectivity index (χ2v) is 6.01. The van der Waals surface area contributed by atoms with E-state index in [0.717, 1.165) is 43.9 Å². The zero-order valence-corrected chi connectivity index (χ0v) is 12.3. The van der Waals surface area contributed by atoms with Crippen LogP contribution in [-0.2, 0) is 11.2 Å². The monoisotopic (exact) mass is 302 g/mol. The predicted molar refractivity (Wildman–Crippen MR) is 79.7 cm³/mol. The highest BCUT2D eigenvalue weighted by atomic mass is 19.1. The van der Waals surface area contributed by atoms with Crippen molar-refractivity contribution in [3.8, 4) is 5.82 Å². The van der Waals surface area contributed by atoms with Crippen LogP contribution in [0.3, 0.4) is 0 Å². The first-order valence-corrected chi connectivity index (χ1v) is 7.54. The first-order chi connectivity index (χ1) is 10.6. The van der Waals surface area contributed by atoms with Gasteiger partial charge in [0.2, 0.25) is 5.91 Å². The number of pyridine rings is 1. The van der Waals surface area contributed by atoms with E-state index in [0.29, 0.717) is 12.2 Å². The number of amides is 1. The molecular formula is C16H19FN4O. The van der Waals surface area contributed by atoms with E-state index in [9.17, 15) is 9.18 Å². The number of nitrogens with zero attached hydrogens (tertiary/aromatic N) is 3. The SMILES string of the molecule is NC(=O)C1(Cc2ccc(-n3cc(F)cn3)nc2)CCCCC1. The Balaban J connectivity index is 1.79. The van der Waals surface area contributed by atoms with E-state index in [1.165, 1.54) is 10.9 Å². The lowest BCUT2D eigenvalue weighted by Gasteiger charge is -2.34. The molecule has 1 aliphatic rings. The molecule has 2 heterocycles. The highest BCUT2D eigenvalue weighted by Crippen LogP contribution is 2.38. The molecule has 0 atom stereocenters. The second kappa shape index (κ2) is 5.87. The van der Waals surface area contributed by atoms with Crippen LogP contribution >= 0.6 is 0 Å². The summed E-state index contributed by atoms with van der Waals surface area (Å²) in [6.45, 7) is 0. The summed E-state index contributed by atoms with van der Waals surface area (Å²) in [5.74, 6) is -0.0735. The zero-order chi connectivity index (χ0) is 15.6. The van der Waals surface area contributed by atoms with Crippen LogP contribution in [0, 0.1) is 11.2 Å². The Morgan fingerprint density at radius 1 is 1.27 bits per heavy atom. The first-order valence-electron chi connectivity index (χ1n) is 7.54. The number of aromatic nitrogens is 3. The normalized spacial score (nSPS) is 17.3. The van der Waals surface area contributed by atoms with Gasteiger partial charge in [-0.25, -0.2) is 14.1 Å². The highest BCUT2D eigenvalue weighted by Gasteiger charge is 2.37. The summed E-state index contributed by atoms with van der Waals surface area (Å²) in [5, 5.41) is 3.88. The van der Waals surface area contributed by atoms with Crippen molar-refractivity contribution >= 4 is 5.91 Å². The minimum Gasteiger partial charge on any atom is -0.369 e. The molecule has 2 aromatic heterocycles. The molecule has 0 aromatic carbocycles. The molecule has 0 bridgehead atoms. The number of carbonyl (C=O) groups excluding carboxylic acids is 1. The van der Waals surface area contributed by atoms with Crippen LogP contribution in [0.4, 0.5) is 4.39 Å². The third kappa shape index (κ3) is 2.86. The Labute approximate surface area is 128 Å². The zero-order valence-electron chi connectivity index (χ0n) is 12.3. The smallest absolute Gasteiger partial charge is 0.223 e. The third-order valence-electron chi connectivity index (χ3n) is 4.47. The van der Waals surface area contributed by atoms with Gasteiger partial charge < -0.3 is 5.73 Å². The van der Waals surface area contributed by atoms with Crippen molar-refractivity contribution in [1.82, 2.24) is 14.8 Å². The summed E-state index contributed by atoms with van der Waals surface area (Å²) in [5.41, 5.74) is 6.18. The molecule has 22 heavy (non-hydrogen) atoms. The minimum atomic E-state index is -0.445. The molecule has 1 saturated carbocycles. The Hall–Kier alpha value is -2.24. The fourth-order valence-electron chi connectivity index (χ4n) is 3.21. The molecule has 0 unspecified atom stereocenters. The molecule has 0 saturated heterocycles. The van der Waals surface area contributed by atoms with Gasteiger partial charge in [0.15, 0.2) is 11.6 Å². The number of hydrogen-bond acceptors (Lipinski definition) is 3.